The lowest BCUT2D eigenvalue weighted by Gasteiger charge is -2.10. The zero-order valence-electron chi connectivity index (χ0n) is 60.9. The first-order valence-electron chi connectivity index (χ1n) is 38.0. The van der Waals surface area contributed by atoms with Crippen molar-refractivity contribution >= 4 is 131 Å². The van der Waals surface area contributed by atoms with Crippen molar-refractivity contribution in [3.05, 3.63) is 364 Å². The van der Waals surface area contributed by atoms with E-state index in [9.17, 15) is 0 Å². The number of furan rings is 4. The molecular formula is C102H60N8O4. The quantitative estimate of drug-likeness (QED) is 0.130. The van der Waals surface area contributed by atoms with E-state index >= 15 is 0 Å². The van der Waals surface area contributed by atoms with Gasteiger partial charge in [0, 0.05) is 116 Å². The zero-order valence-corrected chi connectivity index (χ0v) is 60.9. The second kappa shape index (κ2) is 26.0. The topological polar surface area (TPSA) is 140 Å². The first-order valence-corrected chi connectivity index (χ1v) is 38.0. The summed E-state index contributed by atoms with van der Waals surface area (Å²) in [4.78, 5) is 30.6. The predicted octanol–water partition coefficient (Wildman–Crippen LogP) is 26.9. The molecule has 0 amide bonds. The van der Waals surface area contributed by atoms with Crippen LogP contribution in [0.5, 0.6) is 0 Å². The van der Waals surface area contributed by atoms with Gasteiger partial charge in [-0.25, -0.2) is 29.9 Å². The molecular weight excluding hydrogens is 1400 g/mol. The van der Waals surface area contributed by atoms with E-state index in [-0.39, 0.29) is 0 Å². The largest absolute Gasteiger partial charge is 0.456 e. The molecule has 24 rings (SSSR count). The zero-order chi connectivity index (χ0) is 74.9. The van der Waals surface area contributed by atoms with Crippen LogP contribution in [0.15, 0.2) is 382 Å². The summed E-state index contributed by atoms with van der Waals surface area (Å²) in [5.41, 5.74) is 22.9. The molecule has 0 aliphatic heterocycles. The number of aromatic nitrogens is 8. The van der Waals surface area contributed by atoms with Crippen molar-refractivity contribution in [2.24, 2.45) is 0 Å². The number of hydrogen-bond donors (Lipinski definition) is 0. The molecule has 0 bridgehead atoms. The highest BCUT2D eigenvalue weighted by Gasteiger charge is 2.25. The SMILES string of the molecule is c1ccc(-c2ccc3c(c2)c2ccccc2n3-c2ccc3c(c2)oc2cccc(-c4nc(-c5ccccc5)nc(-c5ccc6c(c5)oc5ccccc56)n4)c23)cc1.c1ccc(-c2ccc3c(c2)c2ccccc2n3-c2ccc3c(c2)oc2cccc(-c4nc(-c5ccccc5)nc(-c5cccc6c5oc5ccccc56)n4)c23)cc1. The minimum absolute atomic E-state index is 0.539. The summed E-state index contributed by atoms with van der Waals surface area (Å²) in [7, 11) is 0. The second-order valence-electron chi connectivity index (χ2n) is 28.8. The summed E-state index contributed by atoms with van der Waals surface area (Å²) in [6.45, 7) is 0. The van der Waals surface area contributed by atoms with Crippen LogP contribution in [0.3, 0.4) is 0 Å². The monoisotopic (exact) mass is 1460 g/mol. The summed E-state index contributed by atoms with van der Waals surface area (Å²) in [6.07, 6.45) is 0. The van der Waals surface area contributed by atoms with Crippen molar-refractivity contribution in [1.29, 1.82) is 0 Å². The number of benzene rings is 16. The van der Waals surface area contributed by atoms with Crippen molar-refractivity contribution in [3.8, 4) is 102 Å². The fourth-order valence-corrected chi connectivity index (χ4v) is 16.9. The second-order valence-corrected chi connectivity index (χ2v) is 28.8. The molecule has 12 nitrogen and oxygen atoms in total. The molecule has 0 atom stereocenters. The van der Waals surface area contributed by atoms with Crippen LogP contribution < -0.4 is 0 Å². The van der Waals surface area contributed by atoms with Crippen molar-refractivity contribution in [1.82, 2.24) is 39.0 Å². The lowest BCUT2D eigenvalue weighted by molar-refractivity contribution is 0.668. The minimum atomic E-state index is 0.539. The lowest BCUT2D eigenvalue weighted by atomic mass is 10.0. The van der Waals surface area contributed by atoms with Crippen LogP contribution in [0.1, 0.15) is 0 Å². The molecule has 0 aliphatic rings. The Kier molecular flexibility index (Phi) is 14.7. The number of para-hydroxylation sites is 5. The van der Waals surface area contributed by atoms with Crippen molar-refractivity contribution < 1.29 is 17.7 Å². The minimum Gasteiger partial charge on any atom is -0.456 e. The molecule has 12 heteroatoms. The van der Waals surface area contributed by atoms with E-state index in [0.717, 1.165) is 155 Å². The molecule has 24 aromatic rings. The van der Waals surface area contributed by atoms with Gasteiger partial charge in [-0.3, -0.25) is 0 Å². The molecule has 0 saturated heterocycles. The summed E-state index contributed by atoms with van der Waals surface area (Å²) >= 11 is 0. The van der Waals surface area contributed by atoms with Crippen molar-refractivity contribution in [2.75, 3.05) is 0 Å². The molecule has 0 unspecified atom stereocenters. The van der Waals surface area contributed by atoms with Crippen molar-refractivity contribution in [2.45, 2.75) is 0 Å². The summed E-state index contributed by atoms with van der Waals surface area (Å²) in [6, 6.07) is 126. The van der Waals surface area contributed by atoms with Crippen LogP contribution in [0.2, 0.25) is 0 Å². The average molecular weight is 1460 g/mol. The molecule has 0 spiro atoms. The highest BCUT2D eigenvalue weighted by Crippen LogP contribution is 2.45. The maximum absolute atomic E-state index is 6.68. The third kappa shape index (κ3) is 10.6. The maximum atomic E-state index is 6.68. The summed E-state index contributed by atoms with van der Waals surface area (Å²) in [5.74, 6) is 3.40. The normalized spacial score (nSPS) is 11.9. The van der Waals surface area contributed by atoms with Gasteiger partial charge in [-0.15, -0.1) is 0 Å². The van der Waals surface area contributed by atoms with Crippen LogP contribution in [-0.4, -0.2) is 39.0 Å². The van der Waals surface area contributed by atoms with Crippen LogP contribution in [-0.2, 0) is 0 Å². The highest BCUT2D eigenvalue weighted by molar-refractivity contribution is 6.17. The van der Waals surface area contributed by atoms with Gasteiger partial charge in [0.15, 0.2) is 34.9 Å². The van der Waals surface area contributed by atoms with Gasteiger partial charge in [0.1, 0.15) is 44.7 Å². The first kappa shape index (κ1) is 64.3. The molecule has 532 valence electrons. The standard InChI is InChI=1S/2C51H30N4O2/c1-3-13-31(14-4-1)33-25-28-43-41(29-33)35-17-7-9-22-42(35)55(43)34-26-27-38-46(30-34)56-45-24-12-20-39(47(38)45)50-52-49(32-15-5-2-6-16-32)53-51(54-50)40-21-11-19-37-36-18-8-10-23-44(36)57-48(37)40;1-3-12-31(13-4-1)33-23-27-43-41(28-33)36-16-7-9-19-42(36)55(43)35-24-26-39-47(30-35)57-45-21-11-18-40(48(39)45)51-53-49(32-14-5-2-6-15-32)52-50(54-51)34-22-25-38-37-17-8-10-20-44(37)56-46(38)29-34/h2*1-30H. The molecule has 8 heterocycles. The van der Waals surface area contributed by atoms with Gasteiger partial charge in [0.2, 0.25) is 0 Å². The number of nitrogens with zero attached hydrogens (tertiary/aromatic N) is 8. The molecule has 0 N–H and O–H groups in total. The van der Waals surface area contributed by atoms with E-state index in [2.05, 4.69) is 234 Å². The molecule has 0 radical (unpaired) electrons. The molecule has 114 heavy (non-hydrogen) atoms. The highest BCUT2D eigenvalue weighted by atomic mass is 16.3. The average Bonchev–Trinajstić information content (AvgIpc) is 1.54. The Morgan fingerprint density at radius 2 is 0.518 bits per heavy atom. The molecule has 0 saturated carbocycles. The Hall–Kier alpha value is -15.7. The fraction of sp³-hybridized carbons (Fsp3) is 0. The number of fused-ring (bicyclic) bond motifs is 18. The third-order valence-electron chi connectivity index (χ3n) is 22.1. The fourth-order valence-electron chi connectivity index (χ4n) is 16.9. The lowest BCUT2D eigenvalue weighted by Crippen LogP contribution is -2.00. The Balaban J connectivity index is 0.000000135. The van der Waals surface area contributed by atoms with E-state index in [4.69, 9.17) is 47.6 Å². The molecule has 16 aromatic carbocycles. The van der Waals surface area contributed by atoms with E-state index in [1.165, 1.54) is 43.8 Å². The number of rotatable bonds is 10. The van der Waals surface area contributed by atoms with Gasteiger partial charge in [-0.1, -0.05) is 249 Å². The van der Waals surface area contributed by atoms with Gasteiger partial charge in [-0.2, -0.15) is 0 Å². The van der Waals surface area contributed by atoms with Gasteiger partial charge >= 0.3 is 0 Å². The third-order valence-corrected chi connectivity index (χ3v) is 22.1. The molecule has 0 fully saturated rings. The Labute approximate surface area is 650 Å². The van der Waals surface area contributed by atoms with Crippen LogP contribution in [0.25, 0.3) is 233 Å². The van der Waals surface area contributed by atoms with Gasteiger partial charge in [0.05, 0.1) is 27.6 Å². The van der Waals surface area contributed by atoms with Crippen molar-refractivity contribution in [3.63, 3.8) is 0 Å². The Morgan fingerprint density at radius 1 is 0.175 bits per heavy atom. The van der Waals surface area contributed by atoms with E-state index in [1.54, 1.807) is 0 Å². The summed E-state index contributed by atoms with van der Waals surface area (Å²) < 4.78 is 30.7. The summed E-state index contributed by atoms with van der Waals surface area (Å²) in [5, 5.41) is 12.9. The van der Waals surface area contributed by atoms with Gasteiger partial charge in [0.25, 0.3) is 0 Å². The van der Waals surface area contributed by atoms with E-state index < -0.39 is 0 Å². The van der Waals surface area contributed by atoms with E-state index in [1.807, 2.05) is 140 Å². The van der Waals surface area contributed by atoms with Crippen LogP contribution >= 0.6 is 0 Å². The van der Waals surface area contributed by atoms with Gasteiger partial charge in [-0.05, 0) is 125 Å². The Bertz CT molecular complexity index is 7990. The first-order chi connectivity index (χ1) is 56.5. The van der Waals surface area contributed by atoms with E-state index in [0.29, 0.717) is 34.9 Å². The maximum Gasteiger partial charge on any atom is 0.167 e. The van der Waals surface area contributed by atoms with Crippen LogP contribution in [0, 0.1) is 0 Å². The Morgan fingerprint density at radius 3 is 1.04 bits per heavy atom. The number of hydrogen-bond acceptors (Lipinski definition) is 10. The van der Waals surface area contributed by atoms with Crippen LogP contribution in [0.4, 0.5) is 0 Å². The smallest absolute Gasteiger partial charge is 0.167 e. The molecule has 0 aliphatic carbocycles. The predicted molar refractivity (Wildman–Crippen MR) is 461 cm³/mol. The van der Waals surface area contributed by atoms with Gasteiger partial charge < -0.3 is 26.8 Å². The molecule has 8 aromatic heterocycles.